The Morgan fingerprint density at radius 2 is 2.05 bits per heavy atom. The summed E-state index contributed by atoms with van der Waals surface area (Å²) in [5, 5.41) is 23.2. The predicted molar refractivity (Wildman–Crippen MR) is 81.9 cm³/mol. The van der Waals surface area contributed by atoms with Crippen molar-refractivity contribution in [3.8, 4) is 5.75 Å². The Bertz CT molecular complexity index is 627. The van der Waals surface area contributed by atoms with Crippen LogP contribution in [0.15, 0.2) is 40.0 Å². The molecule has 2 rings (SSSR count). The number of aryl methyl sites for hydroxylation is 1. The molecule has 0 atom stereocenters. The van der Waals surface area contributed by atoms with Gasteiger partial charge in [0, 0.05) is 21.8 Å². The van der Waals surface area contributed by atoms with Crippen LogP contribution in [-0.4, -0.2) is 21.4 Å². The largest absolute Gasteiger partial charge is 0.505 e. The minimum atomic E-state index is -0.208. The van der Waals surface area contributed by atoms with Crippen molar-refractivity contribution in [1.29, 1.82) is 0 Å². The normalized spacial score (nSPS) is 10.9. The second kappa shape index (κ2) is 6.49. The van der Waals surface area contributed by atoms with Gasteiger partial charge in [-0.2, -0.15) is 5.10 Å². The van der Waals surface area contributed by atoms with Gasteiger partial charge in [0.15, 0.2) is 0 Å². The third kappa shape index (κ3) is 3.34. The zero-order chi connectivity index (χ0) is 14.5. The van der Waals surface area contributed by atoms with Crippen LogP contribution in [0.25, 0.3) is 0 Å². The second-order valence-corrected chi connectivity index (χ2v) is 5.08. The van der Waals surface area contributed by atoms with Crippen molar-refractivity contribution in [2.75, 3.05) is 5.43 Å². The summed E-state index contributed by atoms with van der Waals surface area (Å²) in [6, 6.07) is 7.52. The van der Waals surface area contributed by atoms with Gasteiger partial charge in [0.1, 0.15) is 5.75 Å². The number of pyridine rings is 1. The highest BCUT2D eigenvalue weighted by Gasteiger charge is 2.09. The lowest BCUT2D eigenvalue weighted by atomic mass is 10.1. The summed E-state index contributed by atoms with van der Waals surface area (Å²) < 4.78 is 0.983. The van der Waals surface area contributed by atoms with E-state index < -0.39 is 0 Å². The Labute approximate surface area is 125 Å². The van der Waals surface area contributed by atoms with E-state index in [1.165, 1.54) is 12.4 Å². The van der Waals surface area contributed by atoms with Crippen molar-refractivity contribution >= 4 is 27.8 Å². The molecule has 3 N–H and O–H groups in total. The maximum Gasteiger partial charge on any atom is 0.145 e. The summed E-state index contributed by atoms with van der Waals surface area (Å²) in [4.78, 5) is 3.99. The number of rotatable bonds is 4. The van der Waals surface area contributed by atoms with Crippen LogP contribution in [0.2, 0.25) is 0 Å². The lowest BCUT2D eigenvalue weighted by molar-refractivity contribution is 0.280. The lowest BCUT2D eigenvalue weighted by Crippen LogP contribution is -1.99. The van der Waals surface area contributed by atoms with Crippen LogP contribution >= 0.6 is 15.9 Å². The molecule has 0 amide bonds. The number of aliphatic hydroxyl groups excluding tert-OH is 1. The quantitative estimate of drug-likeness (QED) is 0.593. The number of aliphatic hydroxyl groups is 1. The molecule has 0 radical (unpaired) electrons. The molecule has 0 fully saturated rings. The van der Waals surface area contributed by atoms with Crippen LogP contribution in [0.3, 0.4) is 0 Å². The lowest BCUT2D eigenvalue weighted by Gasteiger charge is -2.07. The van der Waals surface area contributed by atoms with Gasteiger partial charge >= 0.3 is 0 Å². The molecule has 0 aliphatic heterocycles. The summed E-state index contributed by atoms with van der Waals surface area (Å²) in [5.41, 5.74) is 5.15. The molecule has 20 heavy (non-hydrogen) atoms. The molecule has 5 nitrogen and oxygen atoms in total. The highest BCUT2D eigenvalue weighted by Crippen LogP contribution is 2.22. The number of hydrogen-bond acceptors (Lipinski definition) is 5. The monoisotopic (exact) mass is 335 g/mol. The van der Waals surface area contributed by atoms with Crippen molar-refractivity contribution in [2.24, 2.45) is 5.10 Å². The maximum absolute atomic E-state index is 9.94. The van der Waals surface area contributed by atoms with E-state index in [4.69, 9.17) is 0 Å². The molecule has 6 heteroatoms. The summed E-state index contributed by atoms with van der Waals surface area (Å²) in [6.07, 6.45) is 2.99. The standard InChI is InChI=1S/C14H14BrN3O2/c1-9-14(20)13(10(8-19)6-16-9)7-17-18-12-4-2-11(15)3-5-12/h2-7,18-20H,8H2,1H3/b17-7+. The van der Waals surface area contributed by atoms with E-state index in [0.717, 1.165) is 10.2 Å². The van der Waals surface area contributed by atoms with Crippen LogP contribution in [-0.2, 0) is 6.61 Å². The fourth-order valence-corrected chi connectivity index (χ4v) is 1.88. The molecule has 2 aromatic rings. The number of nitrogens with zero attached hydrogens (tertiary/aromatic N) is 2. The van der Waals surface area contributed by atoms with Gasteiger partial charge < -0.3 is 10.2 Å². The molecule has 0 aliphatic carbocycles. The van der Waals surface area contributed by atoms with Gasteiger partial charge in [0.2, 0.25) is 0 Å². The molecule has 0 saturated heterocycles. The minimum absolute atomic E-state index is 0.0258. The van der Waals surface area contributed by atoms with Gasteiger partial charge in [0.25, 0.3) is 0 Å². The van der Waals surface area contributed by atoms with Crippen LogP contribution in [0.5, 0.6) is 5.75 Å². The van der Waals surface area contributed by atoms with Crippen molar-refractivity contribution in [1.82, 2.24) is 4.98 Å². The Hall–Kier alpha value is -1.92. The molecule has 0 saturated carbocycles. The number of aromatic nitrogens is 1. The Balaban J connectivity index is 2.19. The average molecular weight is 336 g/mol. The van der Waals surface area contributed by atoms with Crippen LogP contribution in [0.1, 0.15) is 16.8 Å². The summed E-state index contributed by atoms with van der Waals surface area (Å²) in [5.74, 6) is 0.0258. The van der Waals surface area contributed by atoms with Crippen molar-refractivity contribution in [2.45, 2.75) is 13.5 Å². The number of anilines is 1. The van der Waals surface area contributed by atoms with Gasteiger partial charge in [-0.15, -0.1) is 0 Å². The fourth-order valence-electron chi connectivity index (χ4n) is 1.62. The van der Waals surface area contributed by atoms with Gasteiger partial charge in [-0.3, -0.25) is 10.4 Å². The molecule has 1 aromatic carbocycles. The van der Waals surface area contributed by atoms with E-state index in [9.17, 15) is 10.2 Å². The molecule has 0 unspecified atom stereocenters. The molecular formula is C14H14BrN3O2. The first kappa shape index (κ1) is 14.5. The number of nitrogens with one attached hydrogen (secondary N) is 1. The number of aromatic hydroxyl groups is 1. The van der Waals surface area contributed by atoms with E-state index in [2.05, 4.69) is 31.4 Å². The Morgan fingerprint density at radius 1 is 1.35 bits per heavy atom. The van der Waals surface area contributed by atoms with Gasteiger partial charge in [-0.25, -0.2) is 0 Å². The van der Waals surface area contributed by atoms with Crippen LogP contribution in [0, 0.1) is 6.92 Å². The molecule has 104 valence electrons. The third-order valence-corrected chi connectivity index (χ3v) is 3.29. The maximum atomic E-state index is 9.94. The second-order valence-electron chi connectivity index (χ2n) is 4.17. The Kier molecular flexibility index (Phi) is 4.70. The summed E-state index contributed by atoms with van der Waals surface area (Å²) >= 11 is 3.35. The molecule has 0 spiro atoms. The molecular weight excluding hydrogens is 322 g/mol. The van der Waals surface area contributed by atoms with Crippen LogP contribution in [0.4, 0.5) is 5.69 Å². The minimum Gasteiger partial charge on any atom is -0.505 e. The van der Waals surface area contributed by atoms with E-state index >= 15 is 0 Å². The van der Waals surface area contributed by atoms with E-state index in [1.54, 1.807) is 6.92 Å². The zero-order valence-electron chi connectivity index (χ0n) is 10.8. The molecule has 0 aliphatic rings. The third-order valence-electron chi connectivity index (χ3n) is 2.76. The average Bonchev–Trinajstić information content (AvgIpc) is 2.46. The zero-order valence-corrected chi connectivity index (χ0v) is 12.4. The molecule has 0 bridgehead atoms. The van der Waals surface area contributed by atoms with E-state index in [-0.39, 0.29) is 12.4 Å². The van der Waals surface area contributed by atoms with Gasteiger partial charge in [-0.1, -0.05) is 15.9 Å². The highest BCUT2D eigenvalue weighted by molar-refractivity contribution is 9.10. The molecule has 1 heterocycles. The summed E-state index contributed by atoms with van der Waals surface area (Å²) in [6.45, 7) is 1.48. The SMILES string of the molecule is Cc1ncc(CO)c(/C=N/Nc2ccc(Br)cc2)c1O. The number of halogens is 1. The highest BCUT2D eigenvalue weighted by atomic mass is 79.9. The number of hydrogen-bond donors (Lipinski definition) is 3. The number of hydrazone groups is 1. The molecule has 1 aromatic heterocycles. The topological polar surface area (TPSA) is 77.7 Å². The summed E-state index contributed by atoms with van der Waals surface area (Å²) in [7, 11) is 0. The van der Waals surface area contributed by atoms with Crippen molar-refractivity contribution in [3.05, 3.63) is 51.8 Å². The first-order valence-corrected chi connectivity index (χ1v) is 6.74. The van der Waals surface area contributed by atoms with Gasteiger partial charge in [-0.05, 0) is 31.2 Å². The first-order valence-electron chi connectivity index (χ1n) is 5.94. The number of benzene rings is 1. The predicted octanol–water partition coefficient (Wildman–Crippen LogP) is 2.80. The van der Waals surface area contributed by atoms with E-state index in [1.807, 2.05) is 24.3 Å². The van der Waals surface area contributed by atoms with Gasteiger partial charge in [0.05, 0.1) is 24.2 Å². The van der Waals surface area contributed by atoms with Crippen molar-refractivity contribution in [3.63, 3.8) is 0 Å². The smallest absolute Gasteiger partial charge is 0.145 e. The van der Waals surface area contributed by atoms with Crippen LogP contribution < -0.4 is 5.43 Å². The van der Waals surface area contributed by atoms with E-state index in [0.29, 0.717) is 16.8 Å². The Morgan fingerprint density at radius 3 is 2.70 bits per heavy atom. The first-order chi connectivity index (χ1) is 9.61. The fraction of sp³-hybridized carbons (Fsp3) is 0.143. The van der Waals surface area contributed by atoms with Crippen molar-refractivity contribution < 1.29 is 10.2 Å².